The molecule has 3 rings (SSSR count). The standard InChI is InChI=1S/C22H27N/c1-4-23-18(2)17-21(20-13-9-6-10-14-20)22(23,3)16-15-19-11-7-5-8-12-19/h5-16,18,21H,4,17H2,1-3H3/t18-,21-,22-/m1/s1. The summed E-state index contributed by atoms with van der Waals surface area (Å²) in [5.74, 6) is 0.540. The van der Waals surface area contributed by atoms with Gasteiger partial charge in [0.1, 0.15) is 0 Å². The van der Waals surface area contributed by atoms with Gasteiger partial charge in [-0.15, -0.1) is 0 Å². The molecule has 1 heteroatoms. The van der Waals surface area contributed by atoms with Gasteiger partial charge in [-0.2, -0.15) is 0 Å². The van der Waals surface area contributed by atoms with Crippen LogP contribution in [0.15, 0.2) is 66.7 Å². The summed E-state index contributed by atoms with van der Waals surface area (Å²) in [5.41, 5.74) is 2.79. The lowest BCUT2D eigenvalue weighted by atomic mass is 9.80. The molecule has 0 aliphatic carbocycles. The van der Waals surface area contributed by atoms with E-state index in [1.165, 1.54) is 17.5 Å². The number of nitrogens with zero attached hydrogens (tertiary/aromatic N) is 1. The Morgan fingerprint density at radius 1 is 1.04 bits per heavy atom. The number of likely N-dealkylation sites (tertiary alicyclic amines) is 1. The van der Waals surface area contributed by atoms with Gasteiger partial charge in [0, 0.05) is 17.5 Å². The van der Waals surface area contributed by atoms with Gasteiger partial charge in [-0.1, -0.05) is 79.7 Å². The van der Waals surface area contributed by atoms with Crippen LogP contribution in [0.25, 0.3) is 6.08 Å². The predicted molar refractivity (Wildman–Crippen MR) is 99.5 cm³/mol. The second kappa shape index (κ2) is 6.72. The molecule has 0 bridgehead atoms. The van der Waals surface area contributed by atoms with Crippen LogP contribution in [0.5, 0.6) is 0 Å². The molecule has 1 aliphatic rings. The third kappa shape index (κ3) is 3.11. The number of rotatable bonds is 4. The maximum absolute atomic E-state index is 2.64. The molecule has 0 aromatic heterocycles. The minimum absolute atomic E-state index is 0.0609. The van der Waals surface area contributed by atoms with Crippen LogP contribution >= 0.6 is 0 Å². The minimum atomic E-state index is 0.0609. The molecule has 0 N–H and O–H groups in total. The van der Waals surface area contributed by atoms with Crippen LogP contribution < -0.4 is 0 Å². The second-order valence-electron chi connectivity index (χ2n) is 6.80. The Morgan fingerprint density at radius 3 is 2.26 bits per heavy atom. The maximum atomic E-state index is 2.64. The zero-order valence-electron chi connectivity index (χ0n) is 14.4. The smallest absolute Gasteiger partial charge is 0.0438 e. The summed E-state index contributed by atoms with van der Waals surface area (Å²) >= 11 is 0. The van der Waals surface area contributed by atoms with Gasteiger partial charge in [0.25, 0.3) is 0 Å². The molecule has 1 nitrogen and oxygen atoms in total. The van der Waals surface area contributed by atoms with Gasteiger partial charge < -0.3 is 0 Å². The fourth-order valence-electron chi connectivity index (χ4n) is 4.23. The van der Waals surface area contributed by atoms with E-state index in [0.29, 0.717) is 12.0 Å². The summed E-state index contributed by atoms with van der Waals surface area (Å²) in [7, 11) is 0. The number of likely N-dealkylation sites (N-methyl/N-ethyl adjacent to an activating group) is 1. The molecule has 0 radical (unpaired) electrons. The first-order valence-corrected chi connectivity index (χ1v) is 8.71. The van der Waals surface area contributed by atoms with Crippen molar-refractivity contribution in [1.82, 2.24) is 4.90 Å². The Kier molecular flexibility index (Phi) is 4.68. The lowest BCUT2D eigenvalue weighted by Gasteiger charge is -2.38. The maximum Gasteiger partial charge on any atom is 0.0438 e. The van der Waals surface area contributed by atoms with Gasteiger partial charge in [-0.3, -0.25) is 4.90 Å². The summed E-state index contributed by atoms with van der Waals surface area (Å²) in [6, 6.07) is 22.2. The molecular weight excluding hydrogens is 278 g/mol. The van der Waals surface area contributed by atoms with Crippen molar-refractivity contribution < 1.29 is 0 Å². The van der Waals surface area contributed by atoms with Gasteiger partial charge in [-0.05, 0) is 37.9 Å². The van der Waals surface area contributed by atoms with Gasteiger partial charge in [0.2, 0.25) is 0 Å². The first kappa shape index (κ1) is 16.0. The normalized spacial score (nSPS) is 28.5. The van der Waals surface area contributed by atoms with Crippen molar-refractivity contribution in [2.75, 3.05) is 6.54 Å². The van der Waals surface area contributed by atoms with Crippen LogP contribution in [-0.2, 0) is 0 Å². The molecule has 0 unspecified atom stereocenters. The predicted octanol–water partition coefficient (Wildman–Crippen LogP) is 5.36. The van der Waals surface area contributed by atoms with Crippen molar-refractivity contribution in [2.24, 2.45) is 0 Å². The zero-order valence-corrected chi connectivity index (χ0v) is 14.4. The van der Waals surface area contributed by atoms with E-state index < -0.39 is 0 Å². The third-order valence-corrected chi connectivity index (χ3v) is 5.39. The van der Waals surface area contributed by atoms with Gasteiger partial charge >= 0.3 is 0 Å². The first-order chi connectivity index (χ1) is 11.1. The van der Waals surface area contributed by atoms with Crippen molar-refractivity contribution >= 4 is 6.08 Å². The molecule has 0 amide bonds. The highest BCUT2D eigenvalue weighted by molar-refractivity contribution is 5.52. The Hall–Kier alpha value is -1.86. The van der Waals surface area contributed by atoms with Crippen molar-refractivity contribution in [3.05, 3.63) is 77.9 Å². The van der Waals surface area contributed by atoms with Crippen LogP contribution in [0.1, 0.15) is 44.2 Å². The van der Waals surface area contributed by atoms with Crippen LogP contribution in [0.2, 0.25) is 0 Å². The summed E-state index contributed by atoms with van der Waals surface area (Å²) in [5, 5.41) is 0. The van der Waals surface area contributed by atoms with E-state index in [-0.39, 0.29) is 5.54 Å². The van der Waals surface area contributed by atoms with Crippen LogP contribution in [0, 0.1) is 0 Å². The van der Waals surface area contributed by atoms with Crippen molar-refractivity contribution in [3.63, 3.8) is 0 Å². The molecule has 120 valence electrons. The molecule has 2 aromatic carbocycles. The van der Waals surface area contributed by atoms with E-state index in [1.54, 1.807) is 0 Å². The summed E-state index contributed by atoms with van der Waals surface area (Å²) in [6.07, 6.45) is 5.93. The summed E-state index contributed by atoms with van der Waals surface area (Å²) in [6.45, 7) is 8.12. The van der Waals surface area contributed by atoms with Crippen LogP contribution in [0.3, 0.4) is 0 Å². The summed E-state index contributed by atoms with van der Waals surface area (Å²) in [4.78, 5) is 2.64. The van der Waals surface area contributed by atoms with E-state index in [4.69, 9.17) is 0 Å². The van der Waals surface area contributed by atoms with E-state index in [1.807, 2.05) is 0 Å². The fourth-order valence-corrected chi connectivity index (χ4v) is 4.23. The van der Waals surface area contributed by atoms with Gasteiger partial charge in [0.05, 0.1) is 0 Å². The summed E-state index contributed by atoms with van der Waals surface area (Å²) < 4.78 is 0. The van der Waals surface area contributed by atoms with E-state index in [9.17, 15) is 0 Å². The SMILES string of the molecule is CCN1[C@H](C)C[C@H](c2ccccc2)[C@@]1(C)C=Cc1ccccc1. The second-order valence-corrected chi connectivity index (χ2v) is 6.80. The Labute approximate surface area is 140 Å². The van der Waals surface area contributed by atoms with Crippen LogP contribution in [-0.4, -0.2) is 23.0 Å². The van der Waals surface area contributed by atoms with E-state index in [2.05, 4.69) is 98.5 Å². The lowest BCUT2D eigenvalue weighted by molar-refractivity contribution is 0.162. The molecule has 1 fully saturated rings. The third-order valence-electron chi connectivity index (χ3n) is 5.39. The molecule has 2 aromatic rings. The molecule has 23 heavy (non-hydrogen) atoms. The Morgan fingerprint density at radius 2 is 1.65 bits per heavy atom. The highest BCUT2D eigenvalue weighted by Gasteiger charge is 2.46. The average molecular weight is 305 g/mol. The van der Waals surface area contributed by atoms with Gasteiger partial charge in [-0.25, -0.2) is 0 Å². The number of benzene rings is 2. The monoisotopic (exact) mass is 305 g/mol. The largest absolute Gasteiger partial charge is 0.291 e. The quantitative estimate of drug-likeness (QED) is 0.735. The lowest BCUT2D eigenvalue weighted by Crippen LogP contribution is -2.45. The van der Waals surface area contributed by atoms with Gasteiger partial charge in [0.15, 0.2) is 0 Å². The number of hydrogen-bond donors (Lipinski definition) is 0. The zero-order chi connectivity index (χ0) is 16.3. The number of hydrogen-bond acceptors (Lipinski definition) is 1. The molecular formula is C22H27N. The minimum Gasteiger partial charge on any atom is -0.291 e. The van der Waals surface area contributed by atoms with E-state index >= 15 is 0 Å². The molecule has 1 aliphatic heterocycles. The highest BCUT2D eigenvalue weighted by atomic mass is 15.2. The van der Waals surface area contributed by atoms with Crippen LogP contribution in [0.4, 0.5) is 0 Å². The molecule has 0 spiro atoms. The van der Waals surface area contributed by atoms with E-state index in [0.717, 1.165) is 6.54 Å². The Bertz CT molecular complexity index is 646. The molecule has 1 heterocycles. The first-order valence-electron chi connectivity index (χ1n) is 8.71. The van der Waals surface area contributed by atoms with Crippen molar-refractivity contribution in [2.45, 2.75) is 44.7 Å². The molecule has 1 saturated heterocycles. The molecule has 0 saturated carbocycles. The average Bonchev–Trinajstić information content (AvgIpc) is 2.85. The highest BCUT2D eigenvalue weighted by Crippen LogP contribution is 2.46. The molecule has 3 atom stereocenters. The Balaban J connectivity index is 1.97. The fraction of sp³-hybridized carbons (Fsp3) is 0.364. The van der Waals surface area contributed by atoms with Crippen molar-refractivity contribution in [3.8, 4) is 0 Å². The topological polar surface area (TPSA) is 3.24 Å². The van der Waals surface area contributed by atoms with Crippen molar-refractivity contribution in [1.29, 1.82) is 0 Å².